The number of ether oxygens (including phenoxy) is 2. The molecule has 2 heterocycles. The van der Waals surface area contributed by atoms with Crippen LogP contribution in [0.2, 0.25) is 5.28 Å². The average Bonchev–Trinajstić information content (AvgIpc) is 3.01. The highest BCUT2D eigenvalue weighted by molar-refractivity contribution is 6.28. The first kappa shape index (κ1) is 30.3. The van der Waals surface area contributed by atoms with Gasteiger partial charge in [-0.3, -0.25) is 9.69 Å². The molecule has 0 spiro atoms. The van der Waals surface area contributed by atoms with Gasteiger partial charge in [0.25, 0.3) is 5.91 Å². The summed E-state index contributed by atoms with van der Waals surface area (Å²) in [5.41, 5.74) is 3.96. The number of aromatic nitrogens is 2. The van der Waals surface area contributed by atoms with Crippen molar-refractivity contribution in [1.29, 1.82) is 0 Å². The largest absolute Gasteiger partial charge is 0.508 e. The van der Waals surface area contributed by atoms with Crippen LogP contribution in [0.25, 0.3) is 11.3 Å². The lowest BCUT2D eigenvalue weighted by Crippen LogP contribution is -2.36. The Hall–Kier alpha value is -4.18. The minimum absolute atomic E-state index is 0.0768. The fraction of sp³-hybridized carbons (Fsp3) is 0.303. The van der Waals surface area contributed by atoms with E-state index in [4.69, 9.17) is 21.1 Å². The summed E-state index contributed by atoms with van der Waals surface area (Å²) in [6.07, 6.45) is 3.66. The number of unbranched alkanes of at least 4 members (excludes halogenated alkanes) is 1. The molecule has 0 atom stereocenters. The van der Waals surface area contributed by atoms with Crippen molar-refractivity contribution in [1.82, 2.24) is 14.9 Å². The number of benzene rings is 3. The molecule has 1 saturated heterocycles. The highest BCUT2D eigenvalue weighted by Gasteiger charge is 2.22. The van der Waals surface area contributed by atoms with Gasteiger partial charge in [-0.1, -0.05) is 24.3 Å². The van der Waals surface area contributed by atoms with Crippen LogP contribution in [0.3, 0.4) is 0 Å². The van der Waals surface area contributed by atoms with Gasteiger partial charge in [-0.15, -0.1) is 0 Å². The Labute approximate surface area is 256 Å². The van der Waals surface area contributed by atoms with Gasteiger partial charge in [0.1, 0.15) is 17.2 Å². The van der Waals surface area contributed by atoms with Gasteiger partial charge in [0.15, 0.2) is 0 Å². The fourth-order valence-corrected chi connectivity index (χ4v) is 5.14. The van der Waals surface area contributed by atoms with Crippen molar-refractivity contribution in [3.05, 3.63) is 94.9 Å². The molecular weight excluding hydrogens is 568 g/mol. The normalized spacial score (nSPS) is 13.5. The third-order valence-electron chi connectivity index (χ3n) is 7.33. The van der Waals surface area contributed by atoms with E-state index in [-0.39, 0.29) is 28.9 Å². The van der Waals surface area contributed by atoms with E-state index in [1.807, 2.05) is 55.5 Å². The maximum atomic E-state index is 13.8. The standard InChI is InChI=1S/C33H35ClN4O5/c1-23-21-35-33(34)36-31(23)25-7-9-26(10-8-25)38(32(41)29-12-11-27(39)20-30(29)40)22-24-5-4-6-28(19-24)43-16-3-2-13-37-14-17-42-18-15-37/h4-12,19-21,39-40H,2-3,13-18,22H2,1H3. The average molecular weight is 603 g/mol. The lowest BCUT2D eigenvalue weighted by atomic mass is 10.1. The predicted octanol–water partition coefficient (Wildman–Crippen LogP) is 5.85. The van der Waals surface area contributed by atoms with Crippen molar-refractivity contribution >= 4 is 23.2 Å². The van der Waals surface area contributed by atoms with Gasteiger partial charge in [-0.05, 0) is 85.4 Å². The second kappa shape index (κ2) is 14.3. The van der Waals surface area contributed by atoms with Crippen molar-refractivity contribution in [2.45, 2.75) is 26.3 Å². The fourth-order valence-electron chi connectivity index (χ4n) is 5.01. The molecule has 9 nitrogen and oxygen atoms in total. The first-order chi connectivity index (χ1) is 20.9. The summed E-state index contributed by atoms with van der Waals surface area (Å²) >= 11 is 6.03. The Morgan fingerprint density at radius 1 is 1.05 bits per heavy atom. The topological polar surface area (TPSA) is 108 Å². The van der Waals surface area contributed by atoms with Crippen molar-refractivity contribution < 1.29 is 24.5 Å². The summed E-state index contributed by atoms with van der Waals surface area (Å²) in [4.78, 5) is 26.2. The molecule has 4 aromatic rings. The van der Waals surface area contributed by atoms with Crippen LogP contribution in [0.4, 0.5) is 5.69 Å². The van der Waals surface area contributed by atoms with E-state index >= 15 is 0 Å². The monoisotopic (exact) mass is 602 g/mol. The molecule has 224 valence electrons. The van der Waals surface area contributed by atoms with Crippen LogP contribution >= 0.6 is 11.6 Å². The van der Waals surface area contributed by atoms with E-state index in [1.54, 1.807) is 11.1 Å². The van der Waals surface area contributed by atoms with Crippen LogP contribution < -0.4 is 9.64 Å². The lowest BCUT2D eigenvalue weighted by molar-refractivity contribution is 0.0368. The van der Waals surface area contributed by atoms with Crippen LogP contribution in [0, 0.1) is 6.92 Å². The summed E-state index contributed by atoms with van der Waals surface area (Å²) in [5, 5.41) is 20.4. The number of phenols is 2. The van der Waals surface area contributed by atoms with Gasteiger partial charge in [0.2, 0.25) is 5.28 Å². The molecule has 43 heavy (non-hydrogen) atoms. The van der Waals surface area contributed by atoms with Gasteiger partial charge >= 0.3 is 0 Å². The zero-order chi connectivity index (χ0) is 30.2. The molecule has 1 aliphatic rings. The number of aryl methyl sites for hydroxylation is 1. The van der Waals surface area contributed by atoms with Crippen molar-refractivity contribution in [2.75, 3.05) is 44.4 Å². The summed E-state index contributed by atoms with van der Waals surface area (Å²) in [5.74, 6) is -0.109. The number of hydrogen-bond donors (Lipinski definition) is 2. The number of hydrogen-bond acceptors (Lipinski definition) is 8. The molecular formula is C33H35ClN4O5. The van der Waals surface area contributed by atoms with Crippen molar-refractivity contribution in [3.8, 4) is 28.5 Å². The summed E-state index contributed by atoms with van der Waals surface area (Å²) in [6.45, 7) is 7.34. The lowest BCUT2D eigenvalue weighted by Gasteiger charge is -2.26. The third-order valence-corrected chi connectivity index (χ3v) is 7.51. The SMILES string of the molecule is Cc1cnc(Cl)nc1-c1ccc(N(Cc2cccc(OCCCCN3CCOCC3)c2)C(=O)c2ccc(O)cc2O)cc1. The molecule has 0 bridgehead atoms. The molecule has 0 radical (unpaired) electrons. The van der Waals surface area contributed by atoms with Gasteiger partial charge in [0.05, 0.1) is 37.6 Å². The number of phenolic OH excluding ortho intramolecular Hbond substituents is 2. The van der Waals surface area contributed by atoms with Gasteiger partial charge < -0.3 is 24.6 Å². The van der Waals surface area contributed by atoms with Crippen LogP contribution in [0.1, 0.15) is 34.3 Å². The maximum absolute atomic E-state index is 13.8. The number of rotatable bonds is 11. The number of morpholine rings is 1. The molecule has 2 N–H and O–H groups in total. The molecule has 0 unspecified atom stereocenters. The Kier molecular flexibility index (Phi) is 10.1. The third kappa shape index (κ3) is 8.01. The molecule has 0 aliphatic carbocycles. The number of aromatic hydroxyl groups is 2. The minimum atomic E-state index is -0.416. The first-order valence-electron chi connectivity index (χ1n) is 14.3. The number of halogens is 1. The zero-order valence-corrected chi connectivity index (χ0v) is 24.8. The molecule has 1 aliphatic heterocycles. The Bertz CT molecular complexity index is 1540. The van der Waals surface area contributed by atoms with Gasteiger partial charge in [-0.25, -0.2) is 9.97 Å². The number of nitrogens with zero attached hydrogens (tertiary/aromatic N) is 4. The van der Waals surface area contributed by atoms with E-state index in [0.29, 0.717) is 18.0 Å². The van der Waals surface area contributed by atoms with Crippen LogP contribution in [-0.2, 0) is 11.3 Å². The Morgan fingerprint density at radius 2 is 1.84 bits per heavy atom. The Balaban J connectivity index is 1.32. The maximum Gasteiger partial charge on any atom is 0.262 e. The molecule has 1 aromatic heterocycles. The van der Waals surface area contributed by atoms with Crippen molar-refractivity contribution in [2.24, 2.45) is 0 Å². The van der Waals surface area contributed by atoms with Gasteiger partial charge in [0, 0.05) is 36.6 Å². The molecule has 1 fully saturated rings. The van der Waals surface area contributed by atoms with E-state index in [1.165, 1.54) is 12.1 Å². The predicted molar refractivity (Wildman–Crippen MR) is 166 cm³/mol. The summed E-state index contributed by atoms with van der Waals surface area (Å²) in [7, 11) is 0. The summed E-state index contributed by atoms with van der Waals surface area (Å²) in [6, 6.07) is 19.0. The molecule has 5 rings (SSSR count). The second-order valence-corrected chi connectivity index (χ2v) is 10.8. The smallest absolute Gasteiger partial charge is 0.262 e. The number of amides is 1. The van der Waals surface area contributed by atoms with E-state index in [2.05, 4.69) is 14.9 Å². The highest BCUT2D eigenvalue weighted by Crippen LogP contribution is 2.30. The summed E-state index contributed by atoms with van der Waals surface area (Å²) < 4.78 is 11.5. The zero-order valence-electron chi connectivity index (χ0n) is 24.1. The second-order valence-electron chi connectivity index (χ2n) is 10.5. The highest BCUT2D eigenvalue weighted by atomic mass is 35.5. The number of carbonyl (C=O) groups excluding carboxylic acids is 1. The minimum Gasteiger partial charge on any atom is -0.508 e. The first-order valence-corrected chi connectivity index (χ1v) is 14.7. The molecule has 0 saturated carbocycles. The molecule has 1 amide bonds. The van der Waals surface area contributed by atoms with Crippen LogP contribution in [0.5, 0.6) is 17.2 Å². The Morgan fingerprint density at radius 3 is 2.60 bits per heavy atom. The molecule has 10 heteroatoms. The van der Waals surface area contributed by atoms with E-state index < -0.39 is 5.91 Å². The van der Waals surface area contributed by atoms with Gasteiger partial charge in [-0.2, -0.15) is 0 Å². The van der Waals surface area contributed by atoms with Crippen LogP contribution in [-0.4, -0.2) is 70.4 Å². The quantitative estimate of drug-likeness (QED) is 0.162. The van der Waals surface area contributed by atoms with Crippen LogP contribution in [0.15, 0.2) is 72.9 Å². The number of carbonyl (C=O) groups is 1. The molecule has 3 aromatic carbocycles. The van der Waals surface area contributed by atoms with E-state index in [9.17, 15) is 15.0 Å². The van der Waals surface area contributed by atoms with Crippen molar-refractivity contribution in [3.63, 3.8) is 0 Å². The number of anilines is 1. The van der Waals surface area contributed by atoms with E-state index in [0.717, 1.165) is 74.2 Å².